The Hall–Kier alpha value is -2.16. The van der Waals surface area contributed by atoms with Crippen molar-refractivity contribution in [1.29, 1.82) is 5.26 Å². The SMILES string of the molecule is N#Cc1ccc(N(Cc2cccc(F)c2F)C2CCNC2)cc1Cl. The summed E-state index contributed by atoms with van der Waals surface area (Å²) in [6.45, 7) is 1.86. The van der Waals surface area contributed by atoms with E-state index >= 15 is 0 Å². The van der Waals surface area contributed by atoms with E-state index < -0.39 is 11.6 Å². The van der Waals surface area contributed by atoms with Gasteiger partial charge in [0.05, 0.1) is 10.6 Å². The fourth-order valence-corrected chi connectivity index (χ4v) is 3.18. The summed E-state index contributed by atoms with van der Waals surface area (Å²) >= 11 is 6.14. The lowest BCUT2D eigenvalue weighted by molar-refractivity contribution is 0.494. The van der Waals surface area contributed by atoms with Gasteiger partial charge in [-0.1, -0.05) is 23.7 Å². The fourth-order valence-electron chi connectivity index (χ4n) is 2.96. The standard InChI is InChI=1S/C18H16ClF2N3/c19-16-8-14(5-4-12(16)9-22)24(15-6-7-23-10-15)11-13-2-1-3-17(20)18(13)21/h1-5,8,15,23H,6-7,10-11H2. The molecule has 3 rings (SSSR count). The van der Waals surface area contributed by atoms with E-state index in [9.17, 15) is 8.78 Å². The minimum absolute atomic E-state index is 0.150. The molecule has 0 amide bonds. The molecule has 24 heavy (non-hydrogen) atoms. The van der Waals surface area contributed by atoms with Crippen molar-refractivity contribution in [3.63, 3.8) is 0 Å². The molecule has 1 atom stereocenters. The summed E-state index contributed by atoms with van der Waals surface area (Å²) in [6, 6.07) is 11.5. The minimum Gasteiger partial charge on any atom is -0.363 e. The Labute approximate surface area is 144 Å². The number of benzene rings is 2. The van der Waals surface area contributed by atoms with Crippen molar-refractivity contribution >= 4 is 17.3 Å². The van der Waals surface area contributed by atoms with Gasteiger partial charge in [0, 0.05) is 30.4 Å². The number of nitriles is 1. The molecule has 1 fully saturated rings. The third kappa shape index (κ3) is 3.35. The average Bonchev–Trinajstić information content (AvgIpc) is 3.10. The summed E-state index contributed by atoms with van der Waals surface area (Å²) in [4.78, 5) is 2.00. The number of halogens is 3. The zero-order chi connectivity index (χ0) is 17.1. The molecule has 0 aromatic heterocycles. The molecule has 6 heteroatoms. The van der Waals surface area contributed by atoms with Crippen molar-refractivity contribution in [2.45, 2.75) is 19.0 Å². The van der Waals surface area contributed by atoms with Crippen LogP contribution in [0.25, 0.3) is 0 Å². The van der Waals surface area contributed by atoms with Crippen LogP contribution >= 0.6 is 11.6 Å². The van der Waals surface area contributed by atoms with Gasteiger partial charge >= 0.3 is 0 Å². The van der Waals surface area contributed by atoms with Crippen LogP contribution in [0.3, 0.4) is 0 Å². The first-order chi connectivity index (χ1) is 11.6. The Balaban J connectivity index is 1.96. The molecule has 1 heterocycles. The number of nitrogens with one attached hydrogen (secondary N) is 1. The highest BCUT2D eigenvalue weighted by atomic mass is 35.5. The first-order valence-electron chi connectivity index (χ1n) is 7.70. The van der Waals surface area contributed by atoms with Crippen molar-refractivity contribution in [2.24, 2.45) is 0 Å². The summed E-state index contributed by atoms with van der Waals surface area (Å²) in [5.41, 5.74) is 1.47. The van der Waals surface area contributed by atoms with Gasteiger partial charge in [-0.25, -0.2) is 8.78 Å². The Morgan fingerprint density at radius 3 is 2.79 bits per heavy atom. The van der Waals surface area contributed by atoms with Gasteiger partial charge in [0.2, 0.25) is 0 Å². The van der Waals surface area contributed by atoms with Gasteiger partial charge in [-0.05, 0) is 37.2 Å². The summed E-state index contributed by atoms with van der Waals surface area (Å²) in [7, 11) is 0. The van der Waals surface area contributed by atoms with E-state index in [2.05, 4.69) is 5.32 Å². The molecule has 2 aromatic rings. The van der Waals surface area contributed by atoms with Gasteiger partial charge in [-0.3, -0.25) is 0 Å². The molecule has 2 aromatic carbocycles. The quantitative estimate of drug-likeness (QED) is 0.912. The molecule has 0 aliphatic carbocycles. The molecule has 0 spiro atoms. The minimum atomic E-state index is -0.852. The molecule has 1 aliphatic rings. The van der Waals surface area contributed by atoms with Crippen LogP contribution in [-0.2, 0) is 6.54 Å². The van der Waals surface area contributed by atoms with Crippen molar-refractivity contribution in [3.8, 4) is 6.07 Å². The maximum absolute atomic E-state index is 14.1. The predicted octanol–water partition coefficient (Wildman–Crippen LogP) is 3.86. The molecule has 1 aliphatic heterocycles. The Kier molecular flexibility index (Phi) is 4.98. The molecule has 124 valence electrons. The Bertz CT molecular complexity index is 782. The normalized spacial score (nSPS) is 16.8. The molecular formula is C18H16ClF2N3. The van der Waals surface area contributed by atoms with Gasteiger partial charge in [0.15, 0.2) is 11.6 Å². The van der Waals surface area contributed by atoms with E-state index in [-0.39, 0.29) is 12.6 Å². The maximum Gasteiger partial charge on any atom is 0.163 e. The summed E-state index contributed by atoms with van der Waals surface area (Å²) in [5.74, 6) is -1.68. The highest BCUT2D eigenvalue weighted by molar-refractivity contribution is 6.32. The van der Waals surface area contributed by atoms with E-state index in [0.717, 1.165) is 31.3 Å². The van der Waals surface area contributed by atoms with E-state index in [1.165, 1.54) is 6.07 Å². The second-order valence-corrected chi connectivity index (χ2v) is 6.17. The molecule has 0 bridgehead atoms. The van der Waals surface area contributed by atoms with Crippen molar-refractivity contribution in [3.05, 3.63) is 64.2 Å². The van der Waals surface area contributed by atoms with Crippen LogP contribution in [0.1, 0.15) is 17.5 Å². The molecule has 0 saturated carbocycles. The molecule has 3 nitrogen and oxygen atoms in total. The maximum atomic E-state index is 14.1. The fraction of sp³-hybridized carbons (Fsp3) is 0.278. The topological polar surface area (TPSA) is 39.1 Å². The average molecular weight is 348 g/mol. The zero-order valence-electron chi connectivity index (χ0n) is 12.9. The third-order valence-corrected chi connectivity index (χ3v) is 4.56. The number of hydrogen-bond acceptors (Lipinski definition) is 3. The summed E-state index contributed by atoms with van der Waals surface area (Å²) in [5, 5.41) is 12.6. The number of rotatable bonds is 4. The van der Waals surface area contributed by atoms with Crippen LogP contribution < -0.4 is 10.2 Å². The largest absolute Gasteiger partial charge is 0.363 e. The Morgan fingerprint density at radius 1 is 1.29 bits per heavy atom. The van der Waals surface area contributed by atoms with Gasteiger partial charge in [-0.2, -0.15) is 5.26 Å². The third-order valence-electron chi connectivity index (χ3n) is 4.25. The first-order valence-corrected chi connectivity index (χ1v) is 8.08. The Morgan fingerprint density at radius 2 is 2.12 bits per heavy atom. The summed E-state index contributed by atoms with van der Waals surface area (Å²) < 4.78 is 27.6. The van der Waals surface area contributed by atoms with E-state index in [1.807, 2.05) is 11.0 Å². The molecule has 1 unspecified atom stereocenters. The van der Waals surface area contributed by atoms with Crippen molar-refractivity contribution in [1.82, 2.24) is 5.32 Å². The molecule has 1 N–H and O–H groups in total. The van der Waals surface area contributed by atoms with Crippen LogP contribution in [0.5, 0.6) is 0 Å². The van der Waals surface area contributed by atoms with Crippen LogP contribution in [0.15, 0.2) is 36.4 Å². The van der Waals surface area contributed by atoms with E-state index in [0.29, 0.717) is 16.1 Å². The van der Waals surface area contributed by atoms with Gasteiger partial charge in [0.1, 0.15) is 6.07 Å². The second kappa shape index (κ2) is 7.16. The summed E-state index contributed by atoms with van der Waals surface area (Å²) in [6.07, 6.45) is 0.897. The van der Waals surface area contributed by atoms with Gasteiger partial charge in [-0.15, -0.1) is 0 Å². The monoisotopic (exact) mass is 347 g/mol. The van der Waals surface area contributed by atoms with Crippen molar-refractivity contribution in [2.75, 3.05) is 18.0 Å². The van der Waals surface area contributed by atoms with Crippen LogP contribution in [0.2, 0.25) is 5.02 Å². The lowest BCUT2D eigenvalue weighted by atomic mass is 10.1. The number of anilines is 1. The highest BCUT2D eigenvalue weighted by Crippen LogP contribution is 2.28. The number of hydrogen-bond donors (Lipinski definition) is 1. The lowest BCUT2D eigenvalue weighted by Crippen LogP contribution is -2.36. The van der Waals surface area contributed by atoms with E-state index in [1.54, 1.807) is 24.3 Å². The molecule has 0 radical (unpaired) electrons. The van der Waals surface area contributed by atoms with Crippen LogP contribution in [-0.4, -0.2) is 19.1 Å². The molecule has 1 saturated heterocycles. The van der Waals surface area contributed by atoms with Crippen molar-refractivity contribution < 1.29 is 8.78 Å². The highest BCUT2D eigenvalue weighted by Gasteiger charge is 2.24. The lowest BCUT2D eigenvalue weighted by Gasteiger charge is -2.31. The van der Waals surface area contributed by atoms with Crippen LogP contribution in [0, 0.1) is 23.0 Å². The van der Waals surface area contributed by atoms with Gasteiger partial charge in [0.25, 0.3) is 0 Å². The molecular weight excluding hydrogens is 332 g/mol. The van der Waals surface area contributed by atoms with E-state index in [4.69, 9.17) is 16.9 Å². The smallest absolute Gasteiger partial charge is 0.163 e. The predicted molar refractivity (Wildman–Crippen MR) is 90.0 cm³/mol. The number of nitrogens with zero attached hydrogens (tertiary/aromatic N) is 2. The van der Waals surface area contributed by atoms with Gasteiger partial charge < -0.3 is 10.2 Å². The van der Waals surface area contributed by atoms with Crippen LogP contribution in [0.4, 0.5) is 14.5 Å². The second-order valence-electron chi connectivity index (χ2n) is 5.76. The zero-order valence-corrected chi connectivity index (χ0v) is 13.7. The first kappa shape index (κ1) is 16.7.